The molecule has 4 N–H and O–H groups in total. The van der Waals surface area contributed by atoms with Crippen molar-refractivity contribution in [3.05, 3.63) is 53.3 Å². The summed E-state index contributed by atoms with van der Waals surface area (Å²) in [5.41, 5.74) is -0.796. The largest absolute Gasteiger partial charge is 0.504 e. The van der Waals surface area contributed by atoms with E-state index in [4.69, 9.17) is 5.11 Å². The fraction of sp³-hybridized carbons (Fsp3) is 0. The average molecular weight is 291 g/mol. The monoisotopic (exact) mass is 291 g/mol. The van der Waals surface area contributed by atoms with Crippen LogP contribution in [0.15, 0.2) is 36.4 Å². The average Bonchev–Trinajstić information content (AvgIpc) is 2.43. The number of aromatic carboxylic acids is 1. The van der Waals surface area contributed by atoms with Crippen molar-refractivity contribution in [3.8, 4) is 11.5 Å². The van der Waals surface area contributed by atoms with Crippen molar-refractivity contribution < 1.29 is 29.3 Å². The van der Waals surface area contributed by atoms with Gasteiger partial charge < -0.3 is 20.6 Å². The number of anilines is 1. The van der Waals surface area contributed by atoms with Gasteiger partial charge in [-0.2, -0.15) is 0 Å². The first-order valence-electron chi connectivity index (χ1n) is 5.75. The molecule has 0 aliphatic carbocycles. The molecule has 2 aromatic rings. The molecule has 0 fully saturated rings. The lowest BCUT2D eigenvalue weighted by atomic mass is 10.1. The number of phenols is 2. The summed E-state index contributed by atoms with van der Waals surface area (Å²) in [5.74, 6) is -4.12. The molecule has 2 aromatic carbocycles. The van der Waals surface area contributed by atoms with Gasteiger partial charge in [0.2, 0.25) is 0 Å². The van der Waals surface area contributed by atoms with Crippen LogP contribution in [-0.2, 0) is 0 Å². The normalized spacial score (nSPS) is 10.1. The molecule has 0 saturated carbocycles. The predicted molar refractivity (Wildman–Crippen MR) is 71.1 cm³/mol. The zero-order chi connectivity index (χ0) is 15.6. The molecule has 0 aliphatic heterocycles. The molecule has 0 radical (unpaired) electrons. The number of amides is 1. The fourth-order valence-corrected chi connectivity index (χ4v) is 1.71. The van der Waals surface area contributed by atoms with Crippen molar-refractivity contribution in [2.75, 3.05) is 5.32 Å². The minimum absolute atomic E-state index is 0.128. The van der Waals surface area contributed by atoms with Crippen LogP contribution >= 0.6 is 0 Å². The lowest BCUT2D eigenvalue weighted by Crippen LogP contribution is -2.15. The molecular formula is C14H10FNO5. The van der Waals surface area contributed by atoms with E-state index in [0.29, 0.717) is 0 Å². The number of nitrogens with one attached hydrogen (secondary N) is 1. The highest BCUT2D eigenvalue weighted by molar-refractivity contribution is 6.09. The Kier molecular flexibility index (Phi) is 3.75. The molecule has 0 atom stereocenters. The molecule has 0 heterocycles. The quantitative estimate of drug-likeness (QED) is 0.648. The number of halogens is 1. The first-order valence-corrected chi connectivity index (χ1v) is 5.75. The second kappa shape index (κ2) is 5.49. The lowest BCUT2D eigenvalue weighted by molar-refractivity contribution is 0.0697. The van der Waals surface area contributed by atoms with Crippen molar-refractivity contribution in [1.29, 1.82) is 0 Å². The minimum Gasteiger partial charge on any atom is -0.504 e. The number of rotatable bonds is 3. The van der Waals surface area contributed by atoms with Gasteiger partial charge in [-0.15, -0.1) is 0 Å². The Morgan fingerprint density at radius 3 is 2.43 bits per heavy atom. The van der Waals surface area contributed by atoms with Gasteiger partial charge in [0, 0.05) is 0 Å². The minimum atomic E-state index is -1.41. The van der Waals surface area contributed by atoms with E-state index in [1.807, 2.05) is 0 Å². The van der Waals surface area contributed by atoms with Gasteiger partial charge in [0.15, 0.2) is 11.5 Å². The number of para-hydroxylation sites is 1. The van der Waals surface area contributed by atoms with Crippen molar-refractivity contribution in [3.63, 3.8) is 0 Å². The summed E-state index contributed by atoms with van der Waals surface area (Å²) in [5, 5.41) is 30.1. The van der Waals surface area contributed by atoms with Gasteiger partial charge in [-0.25, -0.2) is 9.18 Å². The van der Waals surface area contributed by atoms with Crippen molar-refractivity contribution in [2.45, 2.75) is 0 Å². The second-order valence-electron chi connectivity index (χ2n) is 4.12. The standard InChI is InChI=1S/C14H10FNO5/c15-7-4-5-10(9(6-7)14(20)21)16-13(19)8-2-1-3-11(17)12(8)18/h1-6,17-18H,(H,16,19)(H,20,21). The predicted octanol–water partition coefficient (Wildman–Crippen LogP) is 2.19. The number of hydrogen-bond donors (Lipinski definition) is 4. The first-order chi connectivity index (χ1) is 9.90. The summed E-state index contributed by atoms with van der Waals surface area (Å²) < 4.78 is 13.0. The molecule has 1 amide bonds. The molecule has 2 rings (SSSR count). The molecule has 0 spiro atoms. The Morgan fingerprint density at radius 1 is 1.05 bits per heavy atom. The van der Waals surface area contributed by atoms with E-state index in [0.717, 1.165) is 18.2 Å². The van der Waals surface area contributed by atoms with Crippen molar-refractivity contribution in [1.82, 2.24) is 0 Å². The first kappa shape index (κ1) is 14.3. The number of carboxylic acids is 1. The van der Waals surface area contributed by atoms with E-state index in [1.54, 1.807) is 0 Å². The third-order valence-electron chi connectivity index (χ3n) is 2.72. The Morgan fingerprint density at radius 2 is 1.76 bits per heavy atom. The van der Waals surface area contributed by atoms with Gasteiger partial charge in [-0.1, -0.05) is 6.07 Å². The van der Waals surface area contributed by atoms with E-state index >= 15 is 0 Å². The zero-order valence-electron chi connectivity index (χ0n) is 10.5. The molecule has 0 saturated heterocycles. The van der Waals surface area contributed by atoms with E-state index in [9.17, 15) is 24.2 Å². The van der Waals surface area contributed by atoms with Gasteiger partial charge in [-0.3, -0.25) is 4.79 Å². The van der Waals surface area contributed by atoms with E-state index in [-0.39, 0.29) is 11.3 Å². The van der Waals surface area contributed by atoms with Gasteiger partial charge in [0.25, 0.3) is 5.91 Å². The molecule has 7 heteroatoms. The Hall–Kier alpha value is -3.09. The fourth-order valence-electron chi connectivity index (χ4n) is 1.71. The summed E-state index contributed by atoms with van der Waals surface area (Å²) in [4.78, 5) is 23.0. The van der Waals surface area contributed by atoms with Gasteiger partial charge in [-0.05, 0) is 30.3 Å². The highest BCUT2D eigenvalue weighted by Crippen LogP contribution is 2.29. The third-order valence-corrected chi connectivity index (χ3v) is 2.72. The molecule has 0 aliphatic rings. The number of carbonyl (C=O) groups is 2. The summed E-state index contributed by atoms with van der Waals surface area (Å²) >= 11 is 0. The number of benzene rings is 2. The van der Waals surface area contributed by atoms with Gasteiger partial charge in [0.1, 0.15) is 5.82 Å². The van der Waals surface area contributed by atoms with Crippen LogP contribution in [-0.4, -0.2) is 27.2 Å². The summed E-state index contributed by atoms with van der Waals surface area (Å²) in [6.07, 6.45) is 0. The summed E-state index contributed by atoms with van der Waals surface area (Å²) in [6.45, 7) is 0. The smallest absolute Gasteiger partial charge is 0.337 e. The maximum absolute atomic E-state index is 13.0. The van der Waals surface area contributed by atoms with Crippen LogP contribution in [0.5, 0.6) is 11.5 Å². The van der Waals surface area contributed by atoms with Crippen LogP contribution < -0.4 is 5.32 Å². The Bertz CT molecular complexity index is 729. The number of carbonyl (C=O) groups excluding carboxylic acids is 1. The summed E-state index contributed by atoms with van der Waals surface area (Å²) in [7, 11) is 0. The number of hydrogen-bond acceptors (Lipinski definition) is 4. The van der Waals surface area contributed by atoms with Crippen molar-refractivity contribution >= 4 is 17.6 Å². The Labute approximate surface area is 118 Å². The van der Waals surface area contributed by atoms with Crippen LogP contribution in [0.4, 0.5) is 10.1 Å². The lowest BCUT2D eigenvalue weighted by Gasteiger charge is -2.10. The molecule has 0 bridgehead atoms. The van der Waals surface area contributed by atoms with Gasteiger partial charge >= 0.3 is 5.97 Å². The maximum atomic E-state index is 13.0. The molecule has 108 valence electrons. The Balaban J connectivity index is 2.36. The molecule has 0 unspecified atom stereocenters. The van der Waals surface area contributed by atoms with Crippen molar-refractivity contribution in [2.24, 2.45) is 0 Å². The van der Waals surface area contributed by atoms with E-state index in [1.165, 1.54) is 18.2 Å². The molecule has 6 nitrogen and oxygen atoms in total. The topological polar surface area (TPSA) is 107 Å². The van der Waals surface area contributed by atoms with Crippen LogP contribution in [0.3, 0.4) is 0 Å². The van der Waals surface area contributed by atoms with Crippen LogP contribution in [0.1, 0.15) is 20.7 Å². The van der Waals surface area contributed by atoms with Crippen LogP contribution in [0.2, 0.25) is 0 Å². The molecule has 0 aromatic heterocycles. The van der Waals surface area contributed by atoms with E-state index in [2.05, 4.69) is 5.32 Å². The maximum Gasteiger partial charge on any atom is 0.337 e. The van der Waals surface area contributed by atoms with E-state index < -0.39 is 34.8 Å². The molecular weight excluding hydrogens is 281 g/mol. The zero-order valence-corrected chi connectivity index (χ0v) is 10.5. The highest BCUT2D eigenvalue weighted by Gasteiger charge is 2.18. The number of carboxylic acid groups (broad SMARTS) is 1. The highest BCUT2D eigenvalue weighted by atomic mass is 19.1. The SMILES string of the molecule is O=C(O)c1cc(F)ccc1NC(=O)c1cccc(O)c1O. The summed E-state index contributed by atoms with van der Waals surface area (Å²) in [6, 6.07) is 6.62. The third kappa shape index (κ3) is 2.92. The molecule has 21 heavy (non-hydrogen) atoms. The van der Waals surface area contributed by atoms with Crippen LogP contribution in [0, 0.1) is 5.82 Å². The number of aromatic hydroxyl groups is 2. The number of phenolic OH excluding ortho intramolecular Hbond substituents is 2. The van der Waals surface area contributed by atoms with Crippen LogP contribution in [0.25, 0.3) is 0 Å². The van der Waals surface area contributed by atoms with Gasteiger partial charge in [0.05, 0.1) is 16.8 Å². The second-order valence-corrected chi connectivity index (χ2v) is 4.12.